The highest BCUT2D eigenvalue weighted by Gasteiger charge is 1.97. The first-order valence-corrected chi connectivity index (χ1v) is 4.16. The molecule has 0 saturated heterocycles. The molecule has 2 rings (SSSR count). The highest BCUT2D eigenvalue weighted by molar-refractivity contribution is 5.81. The van der Waals surface area contributed by atoms with Gasteiger partial charge in [0.1, 0.15) is 0 Å². The first-order valence-electron chi connectivity index (χ1n) is 4.16. The van der Waals surface area contributed by atoms with Gasteiger partial charge in [0.2, 0.25) is 0 Å². The zero-order valence-electron chi connectivity index (χ0n) is 7.04. The van der Waals surface area contributed by atoms with Crippen molar-refractivity contribution in [3.8, 4) is 0 Å². The Morgan fingerprint density at radius 1 is 1.42 bits per heavy atom. The van der Waals surface area contributed by atoms with Crippen molar-refractivity contribution in [1.29, 1.82) is 0 Å². The van der Waals surface area contributed by atoms with Crippen molar-refractivity contribution >= 4 is 10.9 Å². The van der Waals surface area contributed by atoms with Crippen LogP contribution in [-0.4, -0.2) is 4.98 Å². The molecule has 0 amide bonds. The van der Waals surface area contributed by atoms with E-state index >= 15 is 0 Å². The molecular weight excluding hydrogens is 146 g/mol. The Morgan fingerprint density at radius 3 is 3.17 bits per heavy atom. The first-order chi connectivity index (χ1) is 5.92. The van der Waals surface area contributed by atoms with E-state index in [0.717, 1.165) is 11.9 Å². The van der Waals surface area contributed by atoms with Crippen LogP contribution in [0.2, 0.25) is 0 Å². The summed E-state index contributed by atoms with van der Waals surface area (Å²) in [5.74, 6) is 0. The van der Waals surface area contributed by atoms with E-state index < -0.39 is 0 Å². The molecule has 1 radical (unpaired) electrons. The van der Waals surface area contributed by atoms with Gasteiger partial charge in [-0.05, 0) is 30.2 Å². The molecule has 0 atom stereocenters. The summed E-state index contributed by atoms with van der Waals surface area (Å²) in [6.45, 7) is 2.14. The van der Waals surface area contributed by atoms with Crippen LogP contribution in [0, 0.1) is 6.07 Å². The highest BCUT2D eigenvalue weighted by atomic mass is 14.6. The van der Waals surface area contributed by atoms with Crippen molar-refractivity contribution in [3.05, 3.63) is 42.1 Å². The molecule has 0 N–H and O–H groups in total. The second kappa shape index (κ2) is 2.94. The molecule has 0 aliphatic heterocycles. The Bertz CT molecular complexity index is 388. The topological polar surface area (TPSA) is 12.9 Å². The van der Waals surface area contributed by atoms with E-state index in [4.69, 9.17) is 0 Å². The molecule has 2 aromatic rings. The average Bonchev–Trinajstić information content (AvgIpc) is 2.17. The number of aromatic nitrogens is 1. The molecule has 0 aliphatic rings. The van der Waals surface area contributed by atoms with Gasteiger partial charge in [0.05, 0.1) is 5.52 Å². The highest BCUT2D eigenvalue weighted by Crippen LogP contribution is 2.15. The van der Waals surface area contributed by atoms with Gasteiger partial charge in [0.15, 0.2) is 0 Å². The van der Waals surface area contributed by atoms with Gasteiger partial charge in [-0.3, -0.25) is 4.98 Å². The summed E-state index contributed by atoms with van der Waals surface area (Å²) in [7, 11) is 0. The van der Waals surface area contributed by atoms with E-state index in [9.17, 15) is 0 Å². The molecule has 0 fully saturated rings. The molecule has 59 valence electrons. The predicted molar refractivity (Wildman–Crippen MR) is 50.0 cm³/mol. The fraction of sp³-hybridized carbons (Fsp3) is 0.182. The van der Waals surface area contributed by atoms with E-state index in [1.54, 1.807) is 0 Å². The average molecular weight is 156 g/mol. The summed E-state index contributed by atoms with van der Waals surface area (Å²) >= 11 is 0. The van der Waals surface area contributed by atoms with E-state index in [1.807, 2.05) is 24.4 Å². The van der Waals surface area contributed by atoms with E-state index in [2.05, 4.69) is 24.0 Å². The molecule has 0 aliphatic carbocycles. The molecule has 1 heterocycles. The fourth-order valence-corrected chi connectivity index (χ4v) is 1.40. The second-order valence-corrected chi connectivity index (χ2v) is 2.75. The van der Waals surface area contributed by atoms with Crippen molar-refractivity contribution < 1.29 is 0 Å². The summed E-state index contributed by atoms with van der Waals surface area (Å²) in [5.41, 5.74) is 2.31. The molecule has 1 heteroatoms. The number of rotatable bonds is 1. The molecule has 1 nitrogen and oxygen atoms in total. The Hall–Kier alpha value is -1.37. The van der Waals surface area contributed by atoms with E-state index in [-0.39, 0.29) is 0 Å². The van der Waals surface area contributed by atoms with Crippen LogP contribution in [0.3, 0.4) is 0 Å². The number of pyridine rings is 1. The predicted octanol–water partition coefficient (Wildman–Crippen LogP) is 2.60. The third-order valence-corrected chi connectivity index (χ3v) is 2.02. The summed E-state index contributed by atoms with van der Waals surface area (Å²) in [4.78, 5) is 4.27. The first kappa shape index (κ1) is 7.29. The molecule has 0 bridgehead atoms. The second-order valence-electron chi connectivity index (χ2n) is 2.75. The lowest BCUT2D eigenvalue weighted by molar-refractivity contribution is 1.15. The fourth-order valence-electron chi connectivity index (χ4n) is 1.40. The zero-order chi connectivity index (χ0) is 8.39. The van der Waals surface area contributed by atoms with Crippen LogP contribution in [0.25, 0.3) is 10.9 Å². The summed E-state index contributed by atoms with van der Waals surface area (Å²) in [5, 5.41) is 1.22. The lowest BCUT2D eigenvalue weighted by atomic mass is 10.1. The maximum Gasteiger partial charge on any atom is 0.0705 e. The van der Waals surface area contributed by atoms with Crippen LogP contribution in [0.15, 0.2) is 30.5 Å². The van der Waals surface area contributed by atoms with Crippen LogP contribution >= 0.6 is 0 Å². The Labute approximate surface area is 72.1 Å². The van der Waals surface area contributed by atoms with Gasteiger partial charge in [-0.2, -0.15) is 0 Å². The maximum absolute atomic E-state index is 4.27. The lowest BCUT2D eigenvalue weighted by Crippen LogP contribution is -1.84. The van der Waals surface area contributed by atoms with Gasteiger partial charge in [0.25, 0.3) is 0 Å². The molecular formula is C11H10N. The van der Waals surface area contributed by atoms with Crippen molar-refractivity contribution in [1.82, 2.24) is 4.98 Å². The largest absolute Gasteiger partial charge is 0.256 e. The number of fused-ring (bicyclic) bond motifs is 1. The van der Waals surface area contributed by atoms with Gasteiger partial charge in [-0.1, -0.05) is 19.1 Å². The molecule has 12 heavy (non-hydrogen) atoms. The Kier molecular flexibility index (Phi) is 1.78. The Balaban J connectivity index is 2.79. The van der Waals surface area contributed by atoms with Crippen LogP contribution in [-0.2, 0) is 6.42 Å². The maximum atomic E-state index is 4.27. The van der Waals surface area contributed by atoms with Crippen molar-refractivity contribution in [3.63, 3.8) is 0 Å². The molecule has 0 spiro atoms. The normalized spacial score (nSPS) is 10.4. The van der Waals surface area contributed by atoms with Crippen LogP contribution < -0.4 is 0 Å². The van der Waals surface area contributed by atoms with Gasteiger partial charge in [0, 0.05) is 11.6 Å². The third kappa shape index (κ3) is 1.07. The number of nitrogens with zero attached hydrogens (tertiary/aromatic N) is 1. The molecule has 0 unspecified atom stereocenters. The van der Waals surface area contributed by atoms with Crippen LogP contribution in [0.4, 0.5) is 0 Å². The van der Waals surface area contributed by atoms with Crippen LogP contribution in [0.5, 0.6) is 0 Å². The summed E-state index contributed by atoms with van der Waals surface area (Å²) < 4.78 is 0. The third-order valence-electron chi connectivity index (χ3n) is 2.02. The summed E-state index contributed by atoms with van der Waals surface area (Å²) in [6, 6.07) is 11.2. The summed E-state index contributed by atoms with van der Waals surface area (Å²) in [6.07, 6.45) is 2.84. The lowest BCUT2D eigenvalue weighted by Gasteiger charge is -2.00. The number of hydrogen-bond donors (Lipinski definition) is 0. The SMILES string of the molecule is CCc1[c]ccc2ncccc12. The van der Waals surface area contributed by atoms with Gasteiger partial charge in [-0.25, -0.2) is 0 Å². The number of aryl methyl sites for hydroxylation is 1. The minimum atomic E-state index is 1.02. The van der Waals surface area contributed by atoms with Gasteiger partial charge < -0.3 is 0 Å². The number of hydrogen-bond acceptors (Lipinski definition) is 1. The van der Waals surface area contributed by atoms with E-state index in [1.165, 1.54) is 10.9 Å². The van der Waals surface area contributed by atoms with Crippen LogP contribution in [0.1, 0.15) is 12.5 Å². The number of benzene rings is 1. The smallest absolute Gasteiger partial charge is 0.0705 e. The molecule has 1 aromatic heterocycles. The standard InChI is InChI=1S/C11H10N/c1-2-9-5-3-7-11-10(9)6-4-8-12-11/h3-4,6-8H,2H2,1H3. The minimum absolute atomic E-state index is 1.02. The van der Waals surface area contributed by atoms with Crippen molar-refractivity contribution in [2.75, 3.05) is 0 Å². The van der Waals surface area contributed by atoms with Gasteiger partial charge in [-0.15, -0.1) is 0 Å². The quantitative estimate of drug-likeness (QED) is 0.618. The van der Waals surface area contributed by atoms with Gasteiger partial charge >= 0.3 is 0 Å². The molecule has 0 saturated carbocycles. The van der Waals surface area contributed by atoms with Crippen molar-refractivity contribution in [2.45, 2.75) is 13.3 Å². The zero-order valence-corrected chi connectivity index (χ0v) is 7.04. The van der Waals surface area contributed by atoms with E-state index in [0.29, 0.717) is 0 Å². The monoisotopic (exact) mass is 156 g/mol. The van der Waals surface area contributed by atoms with Crippen molar-refractivity contribution in [2.24, 2.45) is 0 Å². The Morgan fingerprint density at radius 2 is 2.33 bits per heavy atom. The molecule has 1 aromatic carbocycles. The minimum Gasteiger partial charge on any atom is -0.256 e.